The summed E-state index contributed by atoms with van der Waals surface area (Å²) in [5, 5.41) is 11.1. The molecule has 0 amide bonds. The lowest BCUT2D eigenvalue weighted by atomic mass is 10.1. The molecular formula is C18H27IN4OS. The molecule has 1 aliphatic rings. The summed E-state index contributed by atoms with van der Waals surface area (Å²) < 4.78 is 5.69. The highest BCUT2D eigenvalue weighted by Crippen LogP contribution is 2.24. The highest BCUT2D eigenvalue weighted by molar-refractivity contribution is 14.0. The Labute approximate surface area is 170 Å². The number of halogens is 1. The van der Waals surface area contributed by atoms with Crippen molar-refractivity contribution in [3.05, 3.63) is 46.5 Å². The molecule has 1 saturated heterocycles. The summed E-state index contributed by atoms with van der Waals surface area (Å²) in [7, 11) is 1.81. The van der Waals surface area contributed by atoms with E-state index >= 15 is 0 Å². The van der Waals surface area contributed by atoms with E-state index in [0.29, 0.717) is 0 Å². The van der Waals surface area contributed by atoms with Gasteiger partial charge in [0, 0.05) is 20.1 Å². The van der Waals surface area contributed by atoms with Gasteiger partial charge in [0.25, 0.3) is 0 Å². The van der Waals surface area contributed by atoms with Crippen LogP contribution < -0.4 is 10.6 Å². The van der Waals surface area contributed by atoms with E-state index < -0.39 is 0 Å². The molecule has 1 atom stereocenters. The van der Waals surface area contributed by atoms with Crippen LogP contribution in [-0.2, 0) is 6.54 Å². The number of guanidine groups is 1. The lowest BCUT2D eigenvalue weighted by Crippen LogP contribution is -2.44. The molecular weight excluding hydrogens is 447 g/mol. The molecule has 1 aliphatic heterocycles. The second-order valence-electron chi connectivity index (χ2n) is 6.07. The average molecular weight is 474 g/mol. The molecule has 3 rings (SSSR count). The predicted molar refractivity (Wildman–Crippen MR) is 115 cm³/mol. The third-order valence-corrected chi connectivity index (χ3v) is 5.16. The van der Waals surface area contributed by atoms with Crippen LogP contribution in [0.5, 0.6) is 0 Å². The smallest absolute Gasteiger partial charge is 0.191 e. The van der Waals surface area contributed by atoms with Crippen molar-refractivity contribution in [2.24, 2.45) is 4.99 Å². The van der Waals surface area contributed by atoms with Gasteiger partial charge in [-0.05, 0) is 60.5 Å². The fourth-order valence-electron chi connectivity index (χ4n) is 3.11. The van der Waals surface area contributed by atoms with Crippen LogP contribution in [0, 0.1) is 0 Å². The Kier molecular flexibility index (Phi) is 8.77. The molecule has 25 heavy (non-hydrogen) atoms. The van der Waals surface area contributed by atoms with Crippen LogP contribution in [0.2, 0.25) is 0 Å². The van der Waals surface area contributed by atoms with Crippen molar-refractivity contribution in [3.63, 3.8) is 0 Å². The number of likely N-dealkylation sites (tertiary alicyclic amines) is 1. The van der Waals surface area contributed by atoms with Crippen LogP contribution in [0.1, 0.15) is 36.6 Å². The average Bonchev–Trinajstić information content (AvgIpc) is 3.32. The number of rotatable bonds is 6. The summed E-state index contributed by atoms with van der Waals surface area (Å²) >= 11 is 1.71. The van der Waals surface area contributed by atoms with Crippen molar-refractivity contribution in [3.8, 4) is 0 Å². The van der Waals surface area contributed by atoms with Gasteiger partial charge in [-0.15, -0.1) is 24.0 Å². The number of nitrogens with zero attached hydrogens (tertiary/aromatic N) is 2. The van der Waals surface area contributed by atoms with Gasteiger partial charge in [-0.25, -0.2) is 0 Å². The van der Waals surface area contributed by atoms with E-state index in [1.807, 2.05) is 13.1 Å². The summed E-state index contributed by atoms with van der Waals surface area (Å²) in [5.74, 6) is 1.85. The molecule has 1 fully saturated rings. The quantitative estimate of drug-likeness (QED) is 0.380. The lowest BCUT2D eigenvalue weighted by molar-refractivity contribution is 0.146. The lowest BCUT2D eigenvalue weighted by Gasteiger charge is -2.33. The first-order chi connectivity index (χ1) is 11.9. The summed E-state index contributed by atoms with van der Waals surface area (Å²) in [4.78, 5) is 6.85. The minimum Gasteiger partial charge on any atom is -0.468 e. The highest BCUT2D eigenvalue weighted by atomic mass is 127. The van der Waals surface area contributed by atoms with Gasteiger partial charge in [-0.1, -0.05) is 6.42 Å². The van der Waals surface area contributed by atoms with Crippen LogP contribution in [0.3, 0.4) is 0 Å². The Balaban J connectivity index is 0.00000225. The molecule has 0 bridgehead atoms. The molecule has 0 aliphatic carbocycles. The van der Waals surface area contributed by atoms with Crippen LogP contribution in [0.15, 0.2) is 44.6 Å². The zero-order valence-electron chi connectivity index (χ0n) is 14.6. The molecule has 1 unspecified atom stereocenters. The molecule has 2 N–H and O–H groups in total. The van der Waals surface area contributed by atoms with Crippen molar-refractivity contribution in [1.82, 2.24) is 15.5 Å². The minimum atomic E-state index is 0. The summed E-state index contributed by atoms with van der Waals surface area (Å²) in [6, 6.07) is 6.42. The monoisotopic (exact) mass is 474 g/mol. The van der Waals surface area contributed by atoms with Gasteiger partial charge in [0.1, 0.15) is 5.76 Å². The third kappa shape index (κ3) is 6.00. The number of hydrogen-bond donors (Lipinski definition) is 2. The first-order valence-corrected chi connectivity index (χ1v) is 9.54. The van der Waals surface area contributed by atoms with Crippen molar-refractivity contribution in [2.45, 2.75) is 31.8 Å². The van der Waals surface area contributed by atoms with Gasteiger partial charge < -0.3 is 15.1 Å². The number of furan rings is 1. The number of aliphatic imine (C=N–C) groups is 1. The van der Waals surface area contributed by atoms with E-state index in [1.54, 1.807) is 17.6 Å². The zero-order chi connectivity index (χ0) is 16.6. The molecule has 0 spiro atoms. The predicted octanol–water partition coefficient (Wildman–Crippen LogP) is 3.85. The van der Waals surface area contributed by atoms with E-state index in [1.165, 1.54) is 24.8 Å². The maximum absolute atomic E-state index is 5.69. The summed E-state index contributed by atoms with van der Waals surface area (Å²) in [5.41, 5.74) is 1.28. The third-order valence-electron chi connectivity index (χ3n) is 4.43. The maximum Gasteiger partial charge on any atom is 0.191 e. The molecule has 0 aromatic carbocycles. The van der Waals surface area contributed by atoms with Crippen molar-refractivity contribution in [1.29, 1.82) is 0 Å². The summed E-state index contributed by atoms with van der Waals surface area (Å²) in [6.45, 7) is 3.84. The Morgan fingerprint density at radius 1 is 1.28 bits per heavy atom. The zero-order valence-corrected chi connectivity index (χ0v) is 17.8. The van der Waals surface area contributed by atoms with Crippen molar-refractivity contribution >= 4 is 41.3 Å². The highest BCUT2D eigenvalue weighted by Gasteiger charge is 2.24. The molecule has 2 aromatic rings. The first-order valence-electron chi connectivity index (χ1n) is 8.60. The Hall–Kier alpha value is -1.06. The fraction of sp³-hybridized carbons (Fsp3) is 0.500. The molecule has 5 nitrogen and oxygen atoms in total. The van der Waals surface area contributed by atoms with Gasteiger partial charge in [0.05, 0.1) is 12.3 Å². The molecule has 138 valence electrons. The van der Waals surface area contributed by atoms with Gasteiger partial charge in [0.15, 0.2) is 5.96 Å². The number of hydrogen-bond acceptors (Lipinski definition) is 4. The topological polar surface area (TPSA) is 52.8 Å². The second-order valence-corrected chi connectivity index (χ2v) is 6.85. The Bertz CT molecular complexity index is 609. The van der Waals surface area contributed by atoms with E-state index in [2.05, 4.69) is 43.4 Å². The van der Waals surface area contributed by atoms with Crippen LogP contribution in [-0.4, -0.2) is 37.5 Å². The summed E-state index contributed by atoms with van der Waals surface area (Å²) in [6.07, 6.45) is 5.62. The van der Waals surface area contributed by atoms with E-state index in [0.717, 1.165) is 37.9 Å². The van der Waals surface area contributed by atoms with Gasteiger partial charge in [0.2, 0.25) is 0 Å². The second kappa shape index (κ2) is 10.8. The number of piperidine rings is 1. The SMILES string of the molecule is CN=C(NCc1ccsc1)NCC(c1ccco1)N1CCCCC1.I. The maximum atomic E-state index is 5.69. The standard InChI is InChI=1S/C18H26N4OS.HI/c1-19-18(20-12-15-7-11-24-14-15)21-13-16(17-6-5-10-23-17)22-8-3-2-4-9-22;/h5-7,10-11,14,16H,2-4,8-9,12-13H2,1H3,(H2,19,20,21);1H. The van der Waals surface area contributed by atoms with Crippen LogP contribution in [0.25, 0.3) is 0 Å². The first kappa shape index (κ1) is 20.3. The molecule has 0 radical (unpaired) electrons. The minimum absolute atomic E-state index is 0. The van der Waals surface area contributed by atoms with Crippen LogP contribution >= 0.6 is 35.3 Å². The number of thiophene rings is 1. The molecule has 7 heteroatoms. The van der Waals surface area contributed by atoms with Gasteiger partial charge in [-0.3, -0.25) is 9.89 Å². The normalized spacial score (nSPS) is 16.9. The molecule has 3 heterocycles. The van der Waals surface area contributed by atoms with E-state index in [9.17, 15) is 0 Å². The Morgan fingerprint density at radius 2 is 2.12 bits per heavy atom. The largest absolute Gasteiger partial charge is 0.468 e. The van der Waals surface area contributed by atoms with Gasteiger partial charge >= 0.3 is 0 Å². The molecule has 0 saturated carbocycles. The Morgan fingerprint density at radius 3 is 2.76 bits per heavy atom. The number of nitrogens with one attached hydrogen (secondary N) is 2. The van der Waals surface area contributed by atoms with Gasteiger partial charge in [-0.2, -0.15) is 11.3 Å². The van der Waals surface area contributed by atoms with E-state index in [4.69, 9.17) is 4.42 Å². The van der Waals surface area contributed by atoms with Crippen molar-refractivity contribution < 1.29 is 4.42 Å². The van der Waals surface area contributed by atoms with E-state index in [-0.39, 0.29) is 30.0 Å². The molecule has 2 aromatic heterocycles. The fourth-order valence-corrected chi connectivity index (χ4v) is 3.78. The van der Waals surface area contributed by atoms with Crippen LogP contribution in [0.4, 0.5) is 0 Å². The van der Waals surface area contributed by atoms with Crippen molar-refractivity contribution in [2.75, 3.05) is 26.7 Å².